The predicted molar refractivity (Wildman–Crippen MR) is 79.1 cm³/mol. The number of benzene rings is 1. The zero-order valence-electron chi connectivity index (χ0n) is 12.1. The molecule has 1 aliphatic rings. The number of nitrogens with zero attached hydrogens (tertiary/aromatic N) is 1. The predicted octanol–water partition coefficient (Wildman–Crippen LogP) is 3.70. The molecular weight excluding hydrogens is 239 g/mol. The topological polar surface area (TPSA) is 15.3 Å². The van der Waals surface area contributed by atoms with Crippen LogP contribution in [-0.4, -0.2) is 19.6 Å². The lowest BCUT2D eigenvalue weighted by atomic mass is 10.1. The molecule has 0 radical (unpaired) electrons. The number of anilines is 1. The maximum Gasteiger partial charge on any atom is 0.125 e. The van der Waals surface area contributed by atoms with Crippen molar-refractivity contribution in [1.29, 1.82) is 0 Å². The lowest BCUT2D eigenvalue weighted by Gasteiger charge is -2.32. The Morgan fingerprint density at radius 2 is 2.11 bits per heavy atom. The standard InChI is InChI=1S/C16H25FN2/c1-3-15-7-5-4-6-8-19(15)16-10-13(12-18-2)9-14(17)11-16/h9-11,15,18H,3-8,12H2,1-2H3. The van der Waals surface area contributed by atoms with Gasteiger partial charge in [0, 0.05) is 24.8 Å². The molecule has 2 nitrogen and oxygen atoms in total. The first-order valence-electron chi connectivity index (χ1n) is 7.45. The van der Waals surface area contributed by atoms with E-state index in [1.807, 2.05) is 7.05 Å². The number of hydrogen-bond acceptors (Lipinski definition) is 2. The molecule has 1 aromatic rings. The summed E-state index contributed by atoms with van der Waals surface area (Å²) in [6.07, 6.45) is 6.18. The molecule has 1 saturated heterocycles. The Hall–Kier alpha value is -1.09. The van der Waals surface area contributed by atoms with Crippen LogP contribution in [0.3, 0.4) is 0 Å². The van der Waals surface area contributed by atoms with Crippen LogP contribution >= 0.6 is 0 Å². The number of hydrogen-bond donors (Lipinski definition) is 1. The van der Waals surface area contributed by atoms with Crippen molar-refractivity contribution in [3.63, 3.8) is 0 Å². The highest BCUT2D eigenvalue weighted by Gasteiger charge is 2.20. The molecule has 1 fully saturated rings. The molecule has 0 spiro atoms. The highest BCUT2D eigenvalue weighted by atomic mass is 19.1. The van der Waals surface area contributed by atoms with Gasteiger partial charge in [0.15, 0.2) is 0 Å². The zero-order valence-corrected chi connectivity index (χ0v) is 12.1. The summed E-state index contributed by atoms with van der Waals surface area (Å²) < 4.78 is 13.8. The fourth-order valence-corrected chi connectivity index (χ4v) is 3.05. The molecule has 1 atom stereocenters. The Kier molecular flexibility index (Phi) is 5.20. The summed E-state index contributed by atoms with van der Waals surface area (Å²) in [5.41, 5.74) is 2.08. The first-order valence-corrected chi connectivity index (χ1v) is 7.45. The third-order valence-electron chi connectivity index (χ3n) is 4.00. The summed E-state index contributed by atoms with van der Waals surface area (Å²) in [5.74, 6) is -0.123. The minimum absolute atomic E-state index is 0.123. The normalized spacial score (nSPS) is 20.4. The first-order chi connectivity index (χ1) is 9.24. The maximum atomic E-state index is 13.8. The van der Waals surface area contributed by atoms with E-state index in [1.54, 1.807) is 12.1 Å². The second-order valence-electron chi connectivity index (χ2n) is 5.45. The van der Waals surface area contributed by atoms with Gasteiger partial charge in [-0.15, -0.1) is 0 Å². The number of nitrogens with one attached hydrogen (secondary N) is 1. The van der Waals surface area contributed by atoms with E-state index in [0.717, 1.165) is 30.8 Å². The first kappa shape index (κ1) is 14.3. The average Bonchev–Trinajstić information content (AvgIpc) is 2.63. The molecule has 0 bridgehead atoms. The lowest BCUT2D eigenvalue weighted by Crippen LogP contribution is -2.34. The maximum absolute atomic E-state index is 13.8. The molecule has 1 aliphatic heterocycles. The van der Waals surface area contributed by atoms with Gasteiger partial charge in [0.2, 0.25) is 0 Å². The largest absolute Gasteiger partial charge is 0.368 e. The van der Waals surface area contributed by atoms with E-state index in [9.17, 15) is 4.39 Å². The van der Waals surface area contributed by atoms with Crippen molar-refractivity contribution in [2.45, 2.75) is 51.6 Å². The van der Waals surface area contributed by atoms with Crippen molar-refractivity contribution < 1.29 is 4.39 Å². The highest BCUT2D eigenvalue weighted by molar-refractivity contribution is 5.50. The van der Waals surface area contributed by atoms with Gasteiger partial charge in [0.1, 0.15) is 5.82 Å². The molecule has 0 amide bonds. The third-order valence-corrected chi connectivity index (χ3v) is 4.00. The average molecular weight is 264 g/mol. The van der Waals surface area contributed by atoms with Gasteiger partial charge in [0.05, 0.1) is 0 Å². The Bertz CT molecular complexity index is 406. The van der Waals surface area contributed by atoms with E-state index >= 15 is 0 Å². The van der Waals surface area contributed by atoms with E-state index < -0.39 is 0 Å². The smallest absolute Gasteiger partial charge is 0.125 e. The SMILES string of the molecule is CCC1CCCCCN1c1cc(F)cc(CNC)c1. The van der Waals surface area contributed by atoms with Crippen LogP contribution in [0.2, 0.25) is 0 Å². The molecule has 3 heteroatoms. The summed E-state index contributed by atoms with van der Waals surface area (Å²) in [5, 5.41) is 3.09. The van der Waals surface area contributed by atoms with Gasteiger partial charge in [-0.2, -0.15) is 0 Å². The van der Waals surface area contributed by atoms with Gasteiger partial charge >= 0.3 is 0 Å². The summed E-state index contributed by atoms with van der Waals surface area (Å²) in [7, 11) is 1.89. The fraction of sp³-hybridized carbons (Fsp3) is 0.625. The van der Waals surface area contributed by atoms with E-state index in [0.29, 0.717) is 6.04 Å². The molecule has 106 valence electrons. The van der Waals surface area contributed by atoms with Crippen molar-refractivity contribution in [2.75, 3.05) is 18.5 Å². The lowest BCUT2D eigenvalue weighted by molar-refractivity contribution is 0.553. The summed E-state index contributed by atoms with van der Waals surface area (Å²) in [4.78, 5) is 2.41. The van der Waals surface area contributed by atoms with E-state index in [1.165, 1.54) is 25.7 Å². The summed E-state index contributed by atoms with van der Waals surface area (Å²) in [6.45, 7) is 4.01. The van der Waals surface area contributed by atoms with E-state index in [-0.39, 0.29) is 5.82 Å². The molecule has 0 saturated carbocycles. The molecule has 1 N–H and O–H groups in total. The second-order valence-corrected chi connectivity index (χ2v) is 5.45. The number of rotatable bonds is 4. The van der Waals surface area contributed by atoms with Gasteiger partial charge in [-0.1, -0.05) is 19.8 Å². The Morgan fingerprint density at radius 1 is 1.26 bits per heavy atom. The Balaban J connectivity index is 2.26. The van der Waals surface area contributed by atoms with E-state index in [2.05, 4.69) is 23.2 Å². The highest BCUT2D eigenvalue weighted by Crippen LogP contribution is 2.27. The Morgan fingerprint density at radius 3 is 2.84 bits per heavy atom. The van der Waals surface area contributed by atoms with Gasteiger partial charge in [-0.05, 0) is 50.1 Å². The molecule has 0 aliphatic carbocycles. The monoisotopic (exact) mass is 264 g/mol. The zero-order chi connectivity index (χ0) is 13.7. The minimum Gasteiger partial charge on any atom is -0.368 e. The van der Waals surface area contributed by atoms with Crippen LogP contribution in [0.5, 0.6) is 0 Å². The quantitative estimate of drug-likeness (QED) is 0.892. The van der Waals surface area contributed by atoms with Crippen molar-refractivity contribution in [2.24, 2.45) is 0 Å². The summed E-state index contributed by atoms with van der Waals surface area (Å²) >= 11 is 0. The van der Waals surface area contributed by atoms with Crippen molar-refractivity contribution in [1.82, 2.24) is 5.32 Å². The molecule has 1 aromatic carbocycles. The Labute approximate surface area is 116 Å². The second kappa shape index (κ2) is 6.90. The van der Waals surface area contributed by atoms with Crippen LogP contribution in [0.15, 0.2) is 18.2 Å². The van der Waals surface area contributed by atoms with Crippen LogP contribution in [0, 0.1) is 5.82 Å². The molecule has 1 heterocycles. The van der Waals surface area contributed by atoms with Gasteiger partial charge in [0.25, 0.3) is 0 Å². The van der Waals surface area contributed by atoms with Crippen LogP contribution < -0.4 is 10.2 Å². The summed E-state index contributed by atoms with van der Waals surface area (Å²) in [6, 6.07) is 6.01. The van der Waals surface area contributed by atoms with Gasteiger partial charge in [-0.3, -0.25) is 0 Å². The molecule has 2 rings (SSSR count). The van der Waals surface area contributed by atoms with Crippen molar-refractivity contribution >= 4 is 5.69 Å². The molecular formula is C16H25FN2. The third kappa shape index (κ3) is 3.69. The molecule has 0 aromatic heterocycles. The van der Waals surface area contributed by atoms with Crippen LogP contribution in [0.4, 0.5) is 10.1 Å². The number of halogens is 1. The van der Waals surface area contributed by atoms with Crippen LogP contribution in [-0.2, 0) is 6.54 Å². The van der Waals surface area contributed by atoms with Crippen LogP contribution in [0.25, 0.3) is 0 Å². The van der Waals surface area contributed by atoms with Crippen molar-refractivity contribution in [3.05, 3.63) is 29.6 Å². The molecule has 19 heavy (non-hydrogen) atoms. The minimum atomic E-state index is -0.123. The van der Waals surface area contributed by atoms with Gasteiger partial charge < -0.3 is 10.2 Å². The van der Waals surface area contributed by atoms with E-state index in [4.69, 9.17) is 0 Å². The van der Waals surface area contributed by atoms with Crippen molar-refractivity contribution in [3.8, 4) is 0 Å². The van der Waals surface area contributed by atoms with Gasteiger partial charge in [-0.25, -0.2) is 4.39 Å². The fourth-order valence-electron chi connectivity index (χ4n) is 3.05. The van der Waals surface area contributed by atoms with Crippen LogP contribution in [0.1, 0.15) is 44.6 Å². The molecule has 1 unspecified atom stereocenters.